The van der Waals surface area contributed by atoms with Gasteiger partial charge in [-0.2, -0.15) is 0 Å². The van der Waals surface area contributed by atoms with Crippen molar-refractivity contribution >= 4 is 34.6 Å². The second-order valence-electron chi connectivity index (χ2n) is 2.57. The van der Waals surface area contributed by atoms with Gasteiger partial charge in [-0.25, -0.2) is 0 Å². The number of rotatable bonds is 2. The van der Waals surface area contributed by atoms with Crippen LogP contribution >= 0.6 is 22.9 Å². The van der Waals surface area contributed by atoms with Gasteiger partial charge in [0.15, 0.2) is 0 Å². The van der Waals surface area contributed by atoms with E-state index in [1.165, 1.54) is 11.3 Å². The summed E-state index contributed by atoms with van der Waals surface area (Å²) in [6.45, 7) is 2.03. The second kappa shape index (κ2) is 4.50. The Morgan fingerprint density at radius 1 is 1.25 bits per heavy atom. The molecule has 0 N–H and O–H groups in total. The molecule has 1 nitrogen and oxygen atoms in total. The van der Waals surface area contributed by atoms with E-state index in [0.29, 0.717) is 0 Å². The van der Waals surface area contributed by atoms with E-state index in [0.717, 1.165) is 0 Å². The number of halogens is 1. The minimum atomic E-state index is 1.23. The van der Waals surface area contributed by atoms with Crippen molar-refractivity contribution in [2.24, 2.45) is 0 Å². The molecule has 0 amide bonds. The van der Waals surface area contributed by atoms with Gasteiger partial charge in [-0.05, 0) is 24.6 Å². The van der Waals surface area contributed by atoms with E-state index in [-0.39, 0.29) is 0 Å². The fourth-order valence-corrected chi connectivity index (χ4v) is 1.30. The van der Waals surface area contributed by atoms with Crippen LogP contribution < -0.4 is 3.11 Å². The lowest BCUT2D eigenvalue weighted by molar-refractivity contribution is 1.41. The molecule has 0 saturated carbocycles. The molecule has 0 saturated heterocycles. The first-order chi connectivity index (χ1) is 5.74. The van der Waals surface area contributed by atoms with Crippen molar-refractivity contribution in [1.82, 2.24) is 0 Å². The van der Waals surface area contributed by atoms with Crippen molar-refractivity contribution < 1.29 is 0 Å². The molecule has 2 heteroatoms. The number of nitrogens with zero attached hydrogens (tertiary/aromatic N) is 1. The quantitative estimate of drug-likeness (QED) is 0.588. The Kier molecular flexibility index (Phi) is 3.59. The molecule has 0 spiro atoms. The van der Waals surface area contributed by atoms with E-state index >= 15 is 0 Å². The highest BCUT2D eigenvalue weighted by Crippen LogP contribution is 2.17. The first-order valence-corrected chi connectivity index (χ1v) is 4.83. The highest BCUT2D eigenvalue weighted by atomic mass is 127. The van der Waals surface area contributed by atoms with Crippen molar-refractivity contribution in [1.29, 1.82) is 0 Å². The van der Waals surface area contributed by atoms with Crippen molar-refractivity contribution in [2.75, 3.05) is 10.2 Å². The molecule has 1 aromatic carbocycles. The van der Waals surface area contributed by atoms with Gasteiger partial charge in [0.2, 0.25) is 0 Å². The van der Waals surface area contributed by atoms with Crippen molar-refractivity contribution in [3.05, 3.63) is 35.9 Å². The Bertz CT molecular complexity index is 262. The molecule has 0 aliphatic rings. The minimum Gasteiger partial charge on any atom is -0.318 e. The van der Waals surface area contributed by atoms with Gasteiger partial charge in [-0.15, -0.1) is 0 Å². The van der Waals surface area contributed by atoms with Crippen LogP contribution in [0.15, 0.2) is 30.3 Å². The molecule has 0 radical (unpaired) electrons. The highest BCUT2D eigenvalue weighted by Gasteiger charge is 1.93. The van der Waals surface area contributed by atoms with Crippen molar-refractivity contribution in [3.63, 3.8) is 0 Å². The zero-order chi connectivity index (χ0) is 8.97. The van der Waals surface area contributed by atoms with E-state index in [4.69, 9.17) is 0 Å². The summed E-state index contributed by atoms with van der Waals surface area (Å²) < 4.78 is 2.07. The summed E-state index contributed by atoms with van der Waals surface area (Å²) in [5.41, 5.74) is 2.48. The van der Waals surface area contributed by atoms with Crippen LogP contribution in [0.3, 0.4) is 0 Å². The van der Waals surface area contributed by atoms with E-state index in [1.807, 2.05) is 20.0 Å². The third kappa shape index (κ3) is 2.52. The molecule has 1 aromatic rings. The maximum Gasteiger partial charge on any atom is 0.0588 e. The van der Waals surface area contributed by atoms with Crippen LogP contribution in [-0.2, 0) is 0 Å². The topological polar surface area (TPSA) is 3.24 Å². The summed E-state index contributed by atoms with van der Waals surface area (Å²) in [7, 11) is 2.03. The zero-order valence-electron chi connectivity index (χ0n) is 7.29. The van der Waals surface area contributed by atoms with E-state index in [2.05, 4.69) is 56.3 Å². The molecule has 0 heterocycles. The molecule has 64 valence electrons. The van der Waals surface area contributed by atoms with Gasteiger partial charge in [0.1, 0.15) is 0 Å². The first kappa shape index (κ1) is 9.58. The van der Waals surface area contributed by atoms with Gasteiger partial charge in [-0.1, -0.05) is 24.3 Å². The normalized spacial score (nSPS) is 10.6. The van der Waals surface area contributed by atoms with Crippen molar-refractivity contribution in [3.8, 4) is 0 Å². The summed E-state index contributed by atoms with van der Waals surface area (Å²) >= 11 is 2.26. The van der Waals surface area contributed by atoms with E-state index in [9.17, 15) is 0 Å². The average molecular weight is 273 g/mol. The third-order valence-electron chi connectivity index (χ3n) is 1.61. The molecule has 0 bridgehead atoms. The second-order valence-corrected chi connectivity index (χ2v) is 4.02. The average Bonchev–Trinajstić information content (AvgIpc) is 2.06. The third-order valence-corrected chi connectivity index (χ3v) is 2.17. The predicted molar refractivity (Wildman–Crippen MR) is 63.6 cm³/mol. The Balaban J connectivity index is 2.85. The first-order valence-electron chi connectivity index (χ1n) is 3.86. The SMILES string of the molecule is C/C=C/c1ccc(N(C)I)cc1. The number of benzene rings is 1. The van der Waals surface area contributed by atoms with Crippen LogP contribution in [0, 0.1) is 0 Å². The van der Waals surface area contributed by atoms with Gasteiger partial charge in [0.25, 0.3) is 0 Å². The molecule has 1 rings (SSSR count). The summed E-state index contributed by atoms with van der Waals surface area (Å²) in [4.78, 5) is 0. The molecular formula is C10H12IN. The predicted octanol–water partition coefficient (Wildman–Crippen LogP) is 3.51. The lowest BCUT2D eigenvalue weighted by atomic mass is 10.2. The largest absolute Gasteiger partial charge is 0.318 e. The summed E-state index contributed by atoms with van der Waals surface area (Å²) in [5, 5.41) is 0. The van der Waals surface area contributed by atoms with Crippen molar-refractivity contribution in [2.45, 2.75) is 6.92 Å². The van der Waals surface area contributed by atoms with E-state index in [1.54, 1.807) is 0 Å². The molecule has 0 aliphatic heterocycles. The summed E-state index contributed by atoms with van der Waals surface area (Å²) in [5.74, 6) is 0. The standard InChI is InChI=1S/C10H12IN/c1-3-4-9-5-7-10(8-6-9)12(2)11/h3-8H,1-2H3/b4-3+. The Hall–Kier alpha value is -0.510. The molecule has 0 fully saturated rings. The zero-order valence-corrected chi connectivity index (χ0v) is 9.45. The molecule has 0 atom stereocenters. The summed E-state index contributed by atoms with van der Waals surface area (Å²) in [6, 6.07) is 8.46. The molecule has 0 unspecified atom stereocenters. The lowest BCUT2D eigenvalue weighted by Gasteiger charge is -2.08. The number of hydrogen-bond donors (Lipinski definition) is 0. The fraction of sp³-hybridized carbons (Fsp3) is 0.200. The summed E-state index contributed by atoms with van der Waals surface area (Å²) in [6.07, 6.45) is 4.14. The number of allylic oxidation sites excluding steroid dienone is 1. The Morgan fingerprint density at radius 2 is 1.83 bits per heavy atom. The fourth-order valence-electron chi connectivity index (χ4n) is 0.983. The van der Waals surface area contributed by atoms with Gasteiger partial charge in [-0.3, -0.25) is 0 Å². The monoisotopic (exact) mass is 273 g/mol. The van der Waals surface area contributed by atoms with Crippen LogP contribution in [0.1, 0.15) is 12.5 Å². The smallest absolute Gasteiger partial charge is 0.0588 e. The molecular weight excluding hydrogens is 261 g/mol. The minimum absolute atomic E-state index is 1.23. The van der Waals surface area contributed by atoms with E-state index < -0.39 is 0 Å². The van der Waals surface area contributed by atoms with Gasteiger partial charge in [0.05, 0.1) is 22.9 Å². The van der Waals surface area contributed by atoms with Gasteiger partial charge < -0.3 is 3.11 Å². The number of hydrogen-bond acceptors (Lipinski definition) is 1. The van der Waals surface area contributed by atoms with Crippen LogP contribution in [0.5, 0.6) is 0 Å². The number of anilines is 1. The lowest BCUT2D eigenvalue weighted by Crippen LogP contribution is -1.98. The Labute approximate surface area is 87.6 Å². The molecule has 12 heavy (non-hydrogen) atoms. The van der Waals surface area contributed by atoms with Crippen LogP contribution in [0.2, 0.25) is 0 Å². The van der Waals surface area contributed by atoms with Gasteiger partial charge in [0, 0.05) is 12.7 Å². The highest BCUT2D eigenvalue weighted by molar-refractivity contribution is 14.1. The van der Waals surface area contributed by atoms with Crippen LogP contribution in [-0.4, -0.2) is 7.05 Å². The van der Waals surface area contributed by atoms with Crippen LogP contribution in [0.25, 0.3) is 6.08 Å². The Morgan fingerprint density at radius 3 is 2.25 bits per heavy atom. The molecule has 0 aromatic heterocycles. The molecule has 0 aliphatic carbocycles. The van der Waals surface area contributed by atoms with Crippen LogP contribution in [0.4, 0.5) is 5.69 Å². The van der Waals surface area contributed by atoms with Gasteiger partial charge >= 0.3 is 0 Å². The maximum absolute atomic E-state index is 2.26. The maximum atomic E-state index is 2.26.